The lowest BCUT2D eigenvalue weighted by Gasteiger charge is -2.33. The number of hydrogen-bond acceptors (Lipinski definition) is 4. The summed E-state index contributed by atoms with van der Waals surface area (Å²) in [7, 11) is 1.62. The minimum Gasteiger partial charge on any atom is -0.495 e. The number of rotatable bonds is 5. The fourth-order valence-electron chi connectivity index (χ4n) is 2.49. The van der Waals surface area contributed by atoms with Gasteiger partial charge in [0.25, 0.3) is 0 Å². The molecule has 1 heterocycles. The smallest absolute Gasteiger partial charge is 0.142 e. The van der Waals surface area contributed by atoms with Gasteiger partial charge < -0.3 is 15.2 Å². The molecule has 1 aromatic rings. The van der Waals surface area contributed by atoms with Crippen molar-refractivity contribution in [3.05, 3.63) is 27.7 Å². The van der Waals surface area contributed by atoms with Crippen LogP contribution in [-0.2, 0) is 11.3 Å². The number of hydrogen-bond donors (Lipinski definition) is 1. The van der Waals surface area contributed by atoms with E-state index in [1.807, 2.05) is 6.07 Å². The number of nitrogens with zero attached hydrogens (tertiary/aromatic N) is 1. The van der Waals surface area contributed by atoms with E-state index >= 15 is 0 Å². The van der Waals surface area contributed by atoms with Gasteiger partial charge in [-0.15, -0.1) is 24.8 Å². The first kappa shape index (κ1) is 22.1. The maximum Gasteiger partial charge on any atom is 0.142 e. The van der Waals surface area contributed by atoms with Crippen LogP contribution in [0.4, 0.5) is 0 Å². The predicted molar refractivity (Wildman–Crippen MR) is 96.2 cm³/mol. The molecule has 1 atom stereocenters. The number of nitrogens with two attached hydrogens (primary N) is 1. The Morgan fingerprint density at radius 3 is 2.73 bits per heavy atom. The number of morpholine rings is 1. The monoisotopic (exact) mass is 390 g/mol. The van der Waals surface area contributed by atoms with E-state index < -0.39 is 0 Å². The molecule has 1 fully saturated rings. The third-order valence-corrected chi connectivity index (χ3v) is 3.89. The third kappa shape index (κ3) is 5.93. The lowest BCUT2D eigenvalue weighted by molar-refractivity contribution is -0.0336. The molecule has 4 nitrogen and oxygen atoms in total. The van der Waals surface area contributed by atoms with Crippen molar-refractivity contribution in [2.24, 2.45) is 5.73 Å². The summed E-state index contributed by atoms with van der Waals surface area (Å²) < 4.78 is 11.1. The molecule has 0 amide bonds. The zero-order valence-corrected chi connectivity index (χ0v) is 15.5. The maximum atomic E-state index is 6.16. The number of halogens is 4. The molecule has 2 rings (SSSR count). The topological polar surface area (TPSA) is 47.7 Å². The van der Waals surface area contributed by atoms with E-state index in [4.69, 9.17) is 38.4 Å². The van der Waals surface area contributed by atoms with Crippen molar-refractivity contribution in [1.82, 2.24) is 4.90 Å². The zero-order valence-electron chi connectivity index (χ0n) is 12.4. The highest BCUT2D eigenvalue weighted by Gasteiger charge is 2.21. The van der Waals surface area contributed by atoms with Gasteiger partial charge in [0.05, 0.1) is 24.8 Å². The Bertz CT molecular complexity index is 461. The molecule has 1 aromatic carbocycles. The molecule has 2 N–H and O–H groups in total. The van der Waals surface area contributed by atoms with Crippen molar-refractivity contribution in [2.45, 2.75) is 19.1 Å². The van der Waals surface area contributed by atoms with E-state index in [1.54, 1.807) is 13.2 Å². The Hall–Kier alpha value is 0.0600. The van der Waals surface area contributed by atoms with Crippen LogP contribution in [0.1, 0.15) is 12.0 Å². The van der Waals surface area contributed by atoms with Crippen molar-refractivity contribution in [1.29, 1.82) is 0 Å². The molecule has 0 bridgehead atoms. The summed E-state index contributed by atoms with van der Waals surface area (Å²) in [5.74, 6) is 0.693. The van der Waals surface area contributed by atoms with Crippen LogP contribution in [0.2, 0.25) is 10.0 Å². The molecule has 1 unspecified atom stereocenters. The Labute approximate surface area is 154 Å². The molecule has 1 aliphatic rings. The van der Waals surface area contributed by atoms with Crippen LogP contribution in [0.15, 0.2) is 12.1 Å². The maximum absolute atomic E-state index is 6.16. The van der Waals surface area contributed by atoms with Gasteiger partial charge in [-0.2, -0.15) is 0 Å². The molecule has 0 saturated carbocycles. The van der Waals surface area contributed by atoms with Crippen molar-refractivity contribution >= 4 is 48.0 Å². The van der Waals surface area contributed by atoms with Crippen molar-refractivity contribution < 1.29 is 9.47 Å². The minimum absolute atomic E-state index is 0. The third-order valence-electron chi connectivity index (χ3n) is 3.39. The molecule has 22 heavy (non-hydrogen) atoms. The molecule has 0 radical (unpaired) electrons. The van der Waals surface area contributed by atoms with Crippen molar-refractivity contribution in [3.63, 3.8) is 0 Å². The highest BCUT2D eigenvalue weighted by Crippen LogP contribution is 2.33. The van der Waals surface area contributed by atoms with Gasteiger partial charge in [-0.3, -0.25) is 4.90 Å². The second kappa shape index (κ2) is 10.8. The summed E-state index contributed by atoms with van der Waals surface area (Å²) in [4.78, 5) is 2.31. The molecular formula is C14H22Cl4N2O2. The molecule has 0 aromatic heterocycles. The standard InChI is InChI=1S/C14H20Cl2N2O2.2ClH/c1-19-14-10(6-11(15)7-13(14)16)8-18-4-5-20-12(9-18)2-3-17;;/h6-7,12H,2-5,8-9,17H2,1H3;2*1H. The summed E-state index contributed by atoms with van der Waals surface area (Å²) >= 11 is 12.2. The Balaban J connectivity index is 0.00000220. The van der Waals surface area contributed by atoms with E-state index in [1.165, 1.54) is 0 Å². The van der Waals surface area contributed by atoms with E-state index in [9.17, 15) is 0 Å². The highest BCUT2D eigenvalue weighted by atomic mass is 35.5. The summed E-state index contributed by atoms with van der Waals surface area (Å²) in [5, 5.41) is 1.17. The molecule has 8 heteroatoms. The van der Waals surface area contributed by atoms with Crippen LogP contribution >= 0.6 is 48.0 Å². The Morgan fingerprint density at radius 2 is 2.09 bits per heavy atom. The first-order valence-corrected chi connectivity index (χ1v) is 7.45. The van der Waals surface area contributed by atoms with Gasteiger partial charge in [-0.1, -0.05) is 23.2 Å². The first-order valence-electron chi connectivity index (χ1n) is 6.70. The molecule has 1 aliphatic heterocycles. The molecule has 0 spiro atoms. The fourth-order valence-corrected chi connectivity index (χ4v) is 3.10. The molecular weight excluding hydrogens is 370 g/mol. The van der Waals surface area contributed by atoms with Crippen LogP contribution in [-0.4, -0.2) is 44.4 Å². The first-order chi connectivity index (χ1) is 9.63. The normalized spacial score (nSPS) is 18.3. The molecule has 128 valence electrons. The van der Waals surface area contributed by atoms with Gasteiger partial charge in [0.1, 0.15) is 5.75 Å². The van der Waals surface area contributed by atoms with E-state index in [-0.39, 0.29) is 30.9 Å². The summed E-state index contributed by atoms with van der Waals surface area (Å²) in [6.07, 6.45) is 1.08. The summed E-state index contributed by atoms with van der Waals surface area (Å²) in [6.45, 7) is 3.86. The van der Waals surface area contributed by atoms with E-state index in [2.05, 4.69) is 4.90 Å². The largest absolute Gasteiger partial charge is 0.495 e. The Kier molecular flexibility index (Phi) is 10.8. The number of benzene rings is 1. The van der Waals surface area contributed by atoms with Crippen LogP contribution in [0.25, 0.3) is 0 Å². The van der Waals surface area contributed by atoms with Crippen molar-refractivity contribution in [2.75, 3.05) is 33.4 Å². The van der Waals surface area contributed by atoms with Gasteiger partial charge in [0.2, 0.25) is 0 Å². The summed E-state index contributed by atoms with van der Waals surface area (Å²) in [6, 6.07) is 3.60. The second-order valence-corrected chi connectivity index (χ2v) is 5.73. The van der Waals surface area contributed by atoms with Gasteiger partial charge in [-0.05, 0) is 25.1 Å². The summed E-state index contributed by atoms with van der Waals surface area (Å²) in [5.41, 5.74) is 6.59. The fraction of sp³-hybridized carbons (Fsp3) is 0.571. The average molecular weight is 392 g/mol. The lowest BCUT2D eigenvalue weighted by Crippen LogP contribution is -2.42. The lowest BCUT2D eigenvalue weighted by atomic mass is 10.1. The number of methoxy groups -OCH3 is 1. The second-order valence-electron chi connectivity index (χ2n) is 4.89. The van der Waals surface area contributed by atoms with Crippen molar-refractivity contribution in [3.8, 4) is 5.75 Å². The predicted octanol–water partition coefficient (Wildman–Crippen LogP) is 3.40. The van der Waals surface area contributed by atoms with Crippen LogP contribution in [0, 0.1) is 0 Å². The molecule has 0 aliphatic carbocycles. The van der Waals surface area contributed by atoms with Crippen LogP contribution in [0.5, 0.6) is 5.75 Å². The SMILES string of the molecule is COc1c(Cl)cc(Cl)cc1CN1CCOC(CCN)C1.Cl.Cl. The zero-order chi connectivity index (χ0) is 14.5. The number of ether oxygens (including phenoxy) is 2. The van der Waals surface area contributed by atoms with Gasteiger partial charge in [0, 0.05) is 30.2 Å². The molecule has 1 saturated heterocycles. The van der Waals surface area contributed by atoms with Gasteiger partial charge >= 0.3 is 0 Å². The van der Waals surface area contributed by atoms with Gasteiger partial charge in [0.15, 0.2) is 0 Å². The van der Waals surface area contributed by atoms with Gasteiger partial charge in [-0.25, -0.2) is 0 Å². The van der Waals surface area contributed by atoms with E-state index in [0.717, 1.165) is 38.2 Å². The Morgan fingerprint density at radius 1 is 1.36 bits per heavy atom. The minimum atomic E-state index is 0. The van der Waals surface area contributed by atoms with Crippen LogP contribution < -0.4 is 10.5 Å². The highest BCUT2D eigenvalue weighted by molar-refractivity contribution is 6.35. The average Bonchev–Trinajstić information content (AvgIpc) is 2.39. The van der Waals surface area contributed by atoms with E-state index in [0.29, 0.717) is 22.3 Å². The quantitative estimate of drug-likeness (QED) is 0.835. The van der Waals surface area contributed by atoms with Crippen LogP contribution in [0.3, 0.4) is 0 Å².